The van der Waals surface area contributed by atoms with E-state index in [1.807, 2.05) is 30.3 Å². The molecule has 1 fully saturated rings. The highest BCUT2D eigenvalue weighted by atomic mass is 16.6. The van der Waals surface area contributed by atoms with E-state index in [0.29, 0.717) is 12.8 Å². The van der Waals surface area contributed by atoms with Crippen molar-refractivity contribution >= 4 is 5.69 Å². The minimum atomic E-state index is -0.804. The molecular formula is C16H17N3O4. The van der Waals surface area contributed by atoms with Crippen LogP contribution in [-0.4, -0.2) is 14.1 Å². The second kappa shape index (κ2) is 5.83. The SMILES string of the molecule is CC(c1ccccc1)n1cc([N+](=O)[O-])c(=O)n(C2CCC2)c1=O. The third-order valence-electron chi connectivity index (χ3n) is 4.46. The van der Waals surface area contributed by atoms with E-state index in [1.54, 1.807) is 6.92 Å². The molecule has 0 radical (unpaired) electrons. The van der Waals surface area contributed by atoms with Crippen molar-refractivity contribution in [1.29, 1.82) is 0 Å². The third kappa shape index (κ3) is 2.58. The molecule has 0 N–H and O–H groups in total. The average Bonchev–Trinajstić information content (AvgIpc) is 2.49. The summed E-state index contributed by atoms with van der Waals surface area (Å²) in [6, 6.07) is 8.61. The summed E-state index contributed by atoms with van der Waals surface area (Å²) in [7, 11) is 0. The summed E-state index contributed by atoms with van der Waals surface area (Å²) in [5.74, 6) is 0. The van der Waals surface area contributed by atoms with Gasteiger partial charge in [0.15, 0.2) is 0 Å². The molecule has 0 amide bonds. The predicted octanol–water partition coefficient (Wildman–Crippen LogP) is 2.25. The maximum atomic E-state index is 12.7. The largest absolute Gasteiger partial charge is 0.350 e. The van der Waals surface area contributed by atoms with Crippen molar-refractivity contribution in [2.45, 2.75) is 38.3 Å². The first kappa shape index (κ1) is 15.2. The van der Waals surface area contributed by atoms with Gasteiger partial charge in [-0.3, -0.25) is 24.0 Å². The van der Waals surface area contributed by atoms with Crippen LogP contribution >= 0.6 is 0 Å². The summed E-state index contributed by atoms with van der Waals surface area (Å²) in [4.78, 5) is 35.5. The van der Waals surface area contributed by atoms with Crippen LogP contribution in [0.3, 0.4) is 0 Å². The summed E-state index contributed by atoms with van der Waals surface area (Å²) in [6.07, 6.45) is 3.40. The van der Waals surface area contributed by atoms with Crippen molar-refractivity contribution in [1.82, 2.24) is 9.13 Å². The molecule has 0 bridgehead atoms. The molecule has 7 heteroatoms. The van der Waals surface area contributed by atoms with Crippen LogP contribution in [0.4, 0.5) is 5.69 Å². The van der Waals surface area contributed by atoms with E-state index in [9.17, 15) is 19.7 Å². The Morgan fingerprint density at radius 2 is 1.87 bits per heavy atom. The summed E-state index contributed by atoms with van der Waals surface area (Å²) in [5, 5.41) is 11.2. The van der Waals surface area contributed by atoms with E-state index in [2.05, 4.69) is 0 Å². The number of hydrogen-bond acceptors (Lipinski definition) is 4. The van der Waals surface area contributed by atoms with Gasteiger partial charge in [-0.25, -0.2) is 4.79 Å². The lowest BCUT2D eigenvalue weighted by molar-refractivity contribution is -0.387. The second-order valence-electron chi connectivity index (χ2n) is 5.81. The zero-order chi connectivity index (χ0) is 16.6. The summed E-state index contributed by atoms with van der Waals surface area (Å²) in [6.45, 7) is 1.79. The Morgan fingerprint density at radius 1 is 1.22 bits per heavy atom. The van der Waals surface area contributed by atoms with Crippen molar-refractivity contribution in [3.05, 3.63) is 73.0 Å². The molecule has 0 spiro atoms. The van der Waals surface area contributed by atoms with Crippen molar-refractivity contribution in [2.24, 2.45) is 0 Å². The Hall–Kier alpha value is -2.70. The molecule has 1 heterocycles. The van der Waals surface area contributed by atoms with Crippen molar-refractivity contribution < 1.29 is 4.92 Å². The summed E-state index contributed by atoms with van der Waals surface area (Å²) in [5.41, 5.74) is -0.996. The molecule has 23 heavy (non-hydrogen) atoms. The van der Waals surface area contributed by atoms with Crippen molar-refractivity contribution in [2.75, 3.05) is 0 Å². The van der Waals surface area contributed by atoms with Crippen LogP contribution in [0.25, 0.3) is 0 Å². The first-order chi connectivity index (χ1) is 11.0. The van der Waals surface area contributed by atoms with E-state index < -0.39 is 27.9 Å². The maximum absolute atomic E-state index is 12.7. The van der Waals surface area contributed by atoms with Crippen LogP contribution < -0.4 is 11.2 Å². The number of nitrogens with zero attached hydrogens (tertiary/aromatic N) is 3. The second-order valence-corrected chi connectivity index (χ2v) is 5.81. The molecule has 7 nitrogen and oxygen atoms in total. The van der Waals surface area contributed by atoms with Gasteiger partial charge < -0.3 is 0 Å². The van der Waals surface area contributed by atoms with E-state index in [0.717, 1.165) is 22.7 Å². The van der Waals surface area contributed by atoms with Gasteiger partial charge in [0.2, 0.25) is 0 Å². The Bertz CT molecular complexity index is 850. The molecule has 0 saturated heterocycles. The minimum absolute atomic E-state index is 0.232. The van der Waals surface area contributed by atoms with Crippen LogP contribution in [-0.2, 0) is 0 Å². The number of nitro groups is 1. The number of hydrogen-bond donors (Lipinski definition) is 0. The number of aromatic nitrogens is 2. The van der Waals surface area contributed by atoms with Crippen LogP contribution in [0, 0.1) is 10.1 Å². The summed E-state index contributed by atoms with van der Waals surface area (Å²) >= 11 is 0. The lowest BCUT2D eigenvalue weighted by atomic mass is 9.93. The highest BCUT2D eigenvalue weighted by Crippen LogP contribution is 2.29. The minimum Gasteiger partial charge on any atom is -0.286 e. The standard InChI is InChI=1S/C16H17N3O4/c1-11(12-6-3-2-4-7-12)17-10-14(19(22)23)15(20)18(16(17)21)13-8-5-9-13/h2-4,6-7,10-11,13H,5,8-9H2,1H3. The number of rotatable bonds is 4. The summed E-state index contributed by atoms with van der Waals surface area (Å²) < 4.78 is 2.34. The molecule has 1 saturated carbocycles. The quantitative estimate of drug-likeness (QED) is 0.639. The highest BCUT2D eigenvalue weighted by Gasteiger charge is 2.29. The third-order valence-corrected chi connectivity index (χ3v) is 4.46. The van der Waals surface area contributed by atoms with E-state index >= 15 is 0 Å². The maximum Gasteiger partial charge on any atom is 0.350 e. The van der Waals surface area contributed by atoms with E-state index in [1.165, 1.54) is 4.57 Å². The van der Waals surface area contributed by atoms with Crippen molar-refractivity contribution in [3.63, 3.8) is 0 Å². The normalized spacial score (nSPS) is 15.9. The van der Waals surface area contributed by atoms with E-state index in [-0.39, 0.29) is 6.04 Å². The van der Waals surface area contributed by atoms with E-state index in [4.69, 9.17) is 0 Å². The molecule has 1 unspecified atom stereocenters. The molecule has 3 rings (SSSR count). The molecule has 1 aromatic carbocycles. The average molecular weight is 315 g/mol. The fourth-order valence-electron chi connectivity index (χ4n) is 2.84. The molecular weight excluding hydrogens is 298 g/mol. The number of benzene rings is 1. The molecule has 0 aliphatic heterocycles. The van der Waals surface area contributed by atoms with Crippen LogP contribution in [0.15, 0.2) is 46.1 Å². The lowest BCUT2D eigenvalue weighted by Crippen LogP contribution is -2.45. The molecule has 1 aliphatic rings. The smallest absolute Gasteiger partial charge is 0.286 e. The van der Waals surface area contributed by atoms with Gasteiger partial charge in [-0.05, 0) is 31.7 Å². The van der Waals surface area contributed by atoms with Gasteiger partial charge >= 0.3 is 16.9 Å². The molecule has 120 valence electrons. The molecule has 1 atom stereocenters. The van der Waals surface area contributed by atoms with Gasteiger partial charge in [-0.2, -0.15) is 0 Å². The Balaban J connectivity index is 2.20. The molecule has 2 aromatic rings. The topological polar surface area (TPSA) is 87.1 Å². The molecule has 1 aromatic heterocycles. The van der Waals surface area contributed by atoms with Crippen LogP contribution in [0.5, 0.6) is 0 Å². The monoisotopic (exact) mass is 315 g/mol. The lowest BCUT2D eigenvalue weighted by Gasteiger charge is -2.27. The first-order valence-corrected chi connectivity index (χ1v) is 7.57. The van der Waals surface area contributed by atoms with Gasteiger partial charge in [-0.1, -0.05) is 30.3 Å². The Kier molecular flexibility index (Phi) is 3.85. The fraction of sp³-hybridized carbons (Fsp3) is 0.375. The van der Waals surface area contributed by atoms with Gasteiger partial charge in [-0.15, -0.1) is 0 Å². The predicted molar refractivity (Wildman–Crippen MR) is 84.8 cm³/mol. The first-order valence-electron chi connectivity index (χ1n) is 7.57. The Labute approximate surface area is 132 Å². The zero-order valence-corrected chi connectivity index (χ0v) is 12.7. The highest BCUT2D eigenvalue weighted by molar-refractivity contribution is 5.25. The fourth-order valence-corrected chi connectivity index (χ4v) is 2.84. The molecule has 1 aliphatic carbocycles. The van der Waals surface area contributed by atoms with Crippen LogP contribution in [0.1, 0.15) is 43.8 Å². The van der Waals surface area contributed by atoms with Gasteiger partial charge in [0.25, 0.3) is 0 Å². The zero-order valence-electron chi connectivity index (χ0n) is 12.7. The van der Waals surface area contributed by atoms with Gasteiger partial charge in [0.05, 0.1) is 17.2 Å². The van der Waals surface area contributed by atoms with Gasteiger partial charge in [0.1, 0.15) is 0 Å². The van der Waals surface area contributed by atoms with Gasteiger partial charge in [0, 0.05) is 6.04 Å². The van der Waals surface area contributed by atoms with Crippen LogP contribution in [0.2, 0.25) is 0 Å². The van der Waals surface area contributed by atoms with Crippen molar-refractivity contribution in [3.8, 4) is 0 Å². The Morgan fingerprint density at radius 3 is 2.39 bits per heavy atom.